The van der Waals surface area contributed by atoms with Crippen LogP contribution in [0.25, 0.3) is 0 Å². The number of amides is 1. The van der Waals surface area contributed by atoms with Gasteiger partial charge in [-0.2, -0.15) is 0 Å². The van der Waals surface area contributed by atoms with Gasteiger partial charge in [-0.25, -0.2) is 0 Å². The minimum absolute atomic E-state index is 0.0605. The van der Waals surface area contributed by atoms with Gasteiger partial charge < -0.3 is 14.6 Å². The van der Waals surface area contributed by atoms with Gasteiger partial charge in [-0.3, -0.25) is 4.79 Å². The lowest BCUT2D eigenvalue weighted by atomic mass is 9.95. The molecule has 0 saturated carbocycles. The Balaban J connectivity index is 1.66. The fraction of sp³-hybridized carbons (Fsp3) is 0.591. The Morgan fingerprint density at radius 1 is 1.34 bits per heavy atom. The van der Waals surface area contributed by atoms with Crippen LogP contribution in [0.3, 0.4) is 0 Å². The molecule has 3 rings (SSSR count). The summed E-state index contributed by atoms with van der Waals surface area (Å²) < 4.78 is 7.44. The highest BCUT2D eigenvalue weighted by Gasteiger charge is 2.27. The average molecular weight is 417 g/mol. The molecule has 3 atom stereocenters. The Hall–Kier alpha value is -2.02. The number of hydrogen-bond donors (Lipinski definition) is 1. The second kappa shape index (κ2) is 10.1. The molecule has 6 nitrogen and oxygen atoms in total. The molecule has 1 aliphatic heterocycles. The van der Waals surface area contributed by atoms with Crippen molar-refractivity contribution >= 4 is 17.7 Å². The van der Waals surface area contributed by atoms with Crippen LogP contribution in [0.1, 0.15) is 58.7 Å². The molecule has 2 aliphatic rings. The van der Waals surface area contributed by atoms with Gasteiger partial charge in [0.15, 0.2) is 5.16 Å². The highest BCUT2D eigenvalue weighted by Crippen LogP contribution is 2.30. The molecule has 0 saturated heterocycles. The lowest BCUT2D eigenvalue weighted by Crippen LogP contribution is -2.39. The van der Waals surface area contributed by atoms with E-state index in [2.05, 4.69) is 66.0 Å². The maximum Gasteiger partial charge on any atom is 0.234 e. The van der Waals surface area contributed by atoms with Crippen molar-refractivity contribution in [2.75, 3.05) is 6.61 Å². The van der Waals surface area contributed by atoms with Crippen LogP contribution in [0.15, 0.2) is 41.3 Å². The predicted molar refractivity (Wildman–Crippen MR) is 117 cm³/mol. The van der Waals surface area contributed by atoms with Crippen LogP contribution in [0.4, 0.5) is 0 Å². The molecule has 1 amide bonds. The van der Waals surface area contributed by atoms with Gasteiger partial charge in [-0.15, -0.1) is 10.2 Å². The molecular weight excluding hydrogens is 384 g/mol. The van der Waals surface area contributed by atoms with E-state index in [-0.39, 0.29) is 23.1 Å². The normalized spacial score (nSPS) is 21.9. The fourth-order valence-electron chi connectivity index (χ4n) is 3.57. The minimum Gasteiger partial charge on any atom is -0.500 e. The lowest BCUT2D eigenvalue weighted by molar-refractivity contribution is -0.121. The predicted octanol–water partition coefficient (Wildman–Crippen LogP) is 4.21. The minimum atomic E-state index is -0.179. The summed E-state index contributed by atoms with van der Waals surface area (Å²) in [5, 5.41) is 12.6. The molecule has 158 valence electrons. The number of aromatic nitrogens is 3. The quantitative estimate of drug-likeness (QED) is 0.611. The number of carbonyl (C=O) groups is 1. The molecular formula is C22H32N4O2S. The first kappa shape index (κ1) is 21.7. The van der Waals surface area contributed by atoms with E-state index in [1.54, 1.807) is 6.26 Å². The number of hydrogen-bond acceptors (Lipinski definition) is 5. The lowest BCUT2D eigenvalue weighted by Gasteiger charge is -2.22. The molecule has 2 heterocycles. The topological polar surface area (TPSA) is 69.0 Å². The summed E-state index contributed by atoms with van der Waals surface area (Å²) >= 11 is 1.52. The van der Waals surface area contributed by atoms with Crippen molar-refractivity contribution in [1.29, 1.82) is 0 Å². The zero-order valence-corrected chi connectivity index (χ0v) is 18.6. The molecule has 1 aromatic rings. The largest absolute Gasteiger partial charge is 0.500 e. The second-order valence-corrected chi connectivity index (χ2v) is 8.99. The van der Waals surface area contributed by atoms with E-state index in [0.717, 1.165) is 36.8 Å². The molecule has 1 N–H and O–H groups in total. The van der Waals surface area contributed by atoms with E-state index in [0.29, 0.717) is 12.5 Å². The van der Waals surface area contributed by atoms with E-state index in [9.17, 15) is 4.79 Å². The Kier molecular flexibility index (Phi) is 7.58. The highest BCUT2D eigenvalue weighted by molar-refractivity contribution is 8.00. The molecule has 0 fully saturated rings. The first-order chi connectivity index (χ1) is 14.0. The molecule has 0 aromatic carbocycles. The van der Waals surface area contributed by atoms with Crippen molar-refractivity contribution in [3.63, 3.8) is 0 Å². The van der Waals surface area contributed by atoms with Gasteiger partial charge in [-0.1, -0.05) is 57.2 Å². The van der Waals surface area contributed by atoms with Crippen molar-refractivity contribution in [2.45, 2.75) is 75.9 Å². The van der Waals surface area contributed by atoms with Gasteiger partial charge in [0.25, 0.3) is 0 Å². The zero-order chi connectivity index (χ0) is 20.8. The van der Waals surface area contributed by atoms with E-state index in [4.69, 9.17) is 4.74 Å². The van der Waals surface area contributed by atoms with Gasteiger partial charge in [0.2, 0.25) is 5.91 Å². The smallest absolute Gasteiger partial charge is 0.234 e. The molecule has 3 unspecified atom stereocenters. The van der Waals surface area contributed by atoms with Crippen molar-refractivity contribution < 1.29 is 9.53 Å². The Labute approximate surface area is 177 Å². The highest BCUT2D eigenvalue weighted by atomic mass is 32.2. The summed E-state index contributed by atoms with van der Waals surface area (Å²) in [7, 11) is 0. The maximum atomic E-state index is 13.0. The maximum absolute atomic E-state index is 13.0. The van der Waals surface area contributed by atoms with Crippen LogP contribution >= 0.6 is 11.8 Å². The first-order valence-electron chi connectivity index (χ1n) is 10.6. The van der Waals surface area contributed by atoms with Crippen molar-refractivity contribution in [2.24, 2.45) is 5.92 Å². The molecule has 1 aromatic heterocycles. The Bertz CT molecular complexity index is 797. The monoisotopic (exact) mass is 416 g/mol. The van der Waals surface area contributed by atoms with E-state index >= 15 is 0 Å². The van der Waals surface area contributed by atoms with E-state index in [1.807, 2.05) is 6.08 Å². The van der Waals surface area contributed by atoms with Gasteiger partial charge in [-0.05, 0) is 37.3 Å². The molecule has 7 heteroatoms. The third kappa shape index (κ3) is 5.32. The van der Waals surface area contributed by atoms with Crippen LogP contribution < -0.4 is 5.32 Å². The van der Waals surface area contributed by atoms with Gasteiger partial charge in [0, 0.05) is 6.54 Å². The summed E-state index contributed by atoms with van der Waals surface area (Å²) in [5.74, 6) is 1.62. The Morgan fingerprint density at radius 2 is 2.17 bits per heavy atom. The van der Waals surface area contributed by atoms with Crippen molar-refractivity contribution in [3.8, 4) is 0 Å². The van der Waals surface area contributed by atoms with Crippen LogP contribution in [0.5, 0.6) is 0 Å². The van der Waals surface area contributed by atoms with Crippen LogP contribution in [0, 0.1) is 5.92 Å². The number of rotatable bonds is 9. The summed E-state index contributed by atoms with van der Waals surface area (Å²) in [6.45, 7) is 9.93. The number of ether oxygens (including phenoxy) is 1. The summed E-state index contributed by atoms with van der Waals surface area (Å²) in [4.78, 5) is 13.0. The molecule has 29 heavy (non-hydrogen) atoms. The fourth-order valence-corrected chi connectivity index (χ4v) is 4.79. The molecule has 0 radical (unpaired) electrons. The number of thioether (sulfide) groups is 1. The van der Waals surface area contributed by atoms with Crippen LogP contribution in [0.2, 0.25) is 0 Å². The molecule has 0 bridgehead atoms. The second-order valence-electron chi connectivity index (χ2n) is 7.82. The van der Waals surface area contributed by atoms with Gasteiger partial charge in [0.1, 0.15) is 12.4 Å². The van der Waals surface area contributed by atoms with E-state index < -0.39 is 0 Å². The van der Waals surface area contributed by atoms with Gasteiger partial charge in [0.05, 0.1) is 23.5 Å². The number of allylic oxidation sites excluding steroid dienone is 2. The van der Waals surface area contributed by atoms with Crippen LogP contribution in [-0.4, -0.2) is 38.6 Å². The van der Waals surface area contributed by atoms with Crippen molar-refractivity contribution in [1.82, 2.24) is 20.1 Å². The van der Waals surface area contributed by atoms with Crippen molar-refractivity contribution in [3.05, 3.63) is 42.0 Å². The molecule has 0 spiro atoms. The summed E-state index contributed by atoms with van der Waals surface area (Å²) in [6.07, 6.45) is 12.8. The summed E-state index contributed by atoms with van der Waals surface area (Å²) in [5.41, 5.74) is 1.34. The number of nitrogens with one attached hydrogen (secondary N) is 1. The molecule has 1 aliphatic carbocycles. The third-order valence-electron chi connectivity index (χ3n) is 5.29. The van der Waals surface area contributed by atoms with Crippen LogP contribution in [-0.2, 0) is 16.1 Å². The number of carbonyl (C=O) groups excluding carboxylic acids is 1. The SMILES string of the molecule is CCCC(Sc1nnc(C2C=COC2)n1CC)C(=O)NC1C=CC(C(C)C)=CC1. The first-order valence-corrected chi connectivity index (χ1v) is 11.5. The van der Waals surface area contributed by atoms with E-state index in [1.165, 1.54) is 17.3 Å². The number of nitrogens with zero attached hydrogens (tertiary/aromatic N) is 3. The average Bonchev–Trinajstić information content (AvgIpc) is 3.37. The third-order valence-corrected chi connectivity index (χ3v) is 6.54. The summed E-state index contributed by atoms with van der Waals surface area (Å²) in [6, 6.07) is 0.0605. The van der Waals surface area contributed by atoms with Gasteiger partial charge >= 0.3 is 0 Å². The zero-order valence-electron chi connectivity index (χ0n) is 17.8. The standard InChI is InChI=1S/C22H32N4O2S/c1-5-7-19(21(27)23-18-10-8-16(9-11-18)15(3)4)29-22-25-24-20(26(22)6-2)17-12-13-28-14-17/h8-10,12-13,15,17-19H,5-7,11,14H2,1-4H3,(H,23,27). The Morgan fingerprint density at radius 3 is 2.76 bits per heavy atom.